The van der Waals surface area contributed by atoms with Crippen molar-refractivity contribution >= 4 is 29.2 Å². The average Bonchev–Trinajstić information content (AvgIpc) is 2.99. The van der Waals surface area contributed by atoms with Gasteiger partial charge in [0.15, 0.2) is 5.69 Å². The first-order valence-corrected chi connectivity index (χ1v) is 11.6. The first-order valence-electron chi connectivity index (χ1n) is 10.8. The van der Waals surface area contributed by atoms with Crippen molar-refractivity contribution in [3.63, 3.8) is 0 Å². The van der Waals surface area contributed by atoms with Crippen LogP contribution in [-0.2, 0) is 25.8 Å². The zero-order chi connectivity index (χ0) is 18.8. The van der Waals surface area contributed by atoms with Gasteiger partial charge in [0.25, 0.3) is 5.01 Å². The molecule has 0 saturated carbocycles. The summed E-state index contributed by atoms with van der Waals surface area (Å²) >= 11 is 1.95. The Kier molecular flexibility index (Phi) is 5.68. The highest BCUT2D eigenvalue weighted by Crippen LogP contribution is 2.36. The van der Waals surface area contributed by atoms with E-state index in [9.17, 15) is 0 Å². The number of aryl methyl sites for hydroxylation is 3. The lowest BCUT2D eigenvalue weighted by molar-refractivity contribution is -0.697. The molecule has 3 heteroatoms. The number of anilines is 1. The highest BCUT2D eigenvalue weighted by atomic mass is 32.1. The predicted octanol–water partition coefficient (Wildman–Crippen LogP) is 5.58. The van der Waals surface area contributed by atoms with Gasteiger partial charge in [-0.25, -0.2) is 0 Å². The minimum absolute atomic E-state index is 1.06. The van der Waals surface area contributed by atoms with Crippen LogP contribution in [0.1, 0.15) is 71.8 Å². The molecule has 144 valence electrons. The molecule has 2 nitrogen and oxygen atoms in total. The van der Waals surface area contributed by atoms with Crippen molar-refractivity contribution in [1.82, 2.24) is 0 Å². The van der Waals surface area contributed by atoms with Crippen molar-refractivity contribution in [2.24, 2.45) is 0 Å². The molecule has 0 unspecified atom stereocenters. The summed E-state index contributed by atoms with van der Waals surface area (Å²) < 4.78 is 2.52. The van der Waals surface area contributed by atoms with Gasteiger partial charge in [-0.2, -0.15) is 4.57 Å². The maximum atomic E-state index is 2.62. The van der Waals surface area contributed by atoms with Gasteiger partial charge in [0.1, 0.15) is 6.54 Å². The van der Waals surface area contributed by atoms with E-state index in [0.29, 0.717) is 0 Å². The fourth-order valence-corrected chi connectivity index (χ4v) is 5.94. The van der Waals surface area contributed by atoms with Crippen molar-refractivity contribution in [1.29, 1.82) is 0 Å². The molecule has 0 atom stereocenters. The Bertz CT molecular complexity index is 815. The van der Waals surface area contributed by atoms with Crippen molar-refractivity contribution in [3.05, 3.63) is 44.4 Å². The van der Waals surface area contributed by atoms with E-state index in [1.165, 1.54) is 73.5 Å². The van der Waals surface area contributed by atoms with Crippen LogP contribution in [-0.4, -0.2) is 13.1 Å². The molecule has 0 radical (unpaired) electrons. The highest BCUT2D eigenvalue weighted by molar-refractivity contribution is 7.12. The Morgan fingerprint density at radius 3 is 2.41 bits per heavy atom. The fourth-order valence-electron chi connectivity index (χ4n) is 4.81. The third-order valence-corrected chi connectivity index (χ3v) is 7.22. The fraction of sp³-hybridized carbons (Fsp3) is 0.542. The monoisotopic (exact) mass is 381 g/mol. The van der Waals surface area contributed by atoms with Crippen LogP contribution in [0.2, 0.25) is 0 Å². The van der Waals surface area contributed by atoms with Crippen LogP contribution in [0.15, 0.2) is 12.1 Å². The summed E-state index contributed by atoms with van der Waals surface area (Å²) in [5, 5.41) is 1.40. The third-order valence-electron chi connectivity index (χ3n) is 6.11. The lowest BCUT2D eigenvalue weighted by atomic mass is 9.90. The third kappa shape index (κ3) is 3.71. The molecule has 0 amide bonds. The minimum atomic E-state index is 1.06. The second-order valence-corrected chi connectivity index (χ2v) is 9.24. The van der Waals surface area contributed by atoms with Crippen LogP contribution in [0.4, 0.5) is 5.69 Å². The normalized spacial score (nSPS) is 16.2. The number of benzene rings is 1. The van der Waals surface area contributed by atoms with Crippen LogP contribution >= 0.6 is 11.3 Å². The van der Waals surface area contributed by atoms with Crippen molar-refractivity contribution < 1.29 is 4.57 Å². The summed E-state index contributed by atoms with van der Waals surface area (Å²) in [5.74, 6) is 0. The lowest BCUT2D eigenvalue weighted by Crippen LogP contribution is -2.37. The van der Waals surface area contributed by atoms with E-state index in [1.807, 2.05) is 11.3 Å². The molecule has 0 spiro atoms. The van der Waals surface area contributed by atoms with Gasteiger partial charge in [-0.1, -0.05) is 24.7 Å². The molecule has 2 aliphatic heterocycles. The van der Waals surface area contributed by atoms with E-state index in [-0.39, 0.29) is 0 Å². The van der Waals surface area contributed by atoms with Gasteiger partial charge in [0, 0.05) is 31.3 Å². The molecular formula is C24H33N2S+. The first kappa shape index (κ1) is 18.7. The molecule has 2 aliphatic rings. The lowest BCUT2D eigenvalue weighted by Gasteiger charge is -2.37. The summed E-state index contributed by atoms with van der Waals surface area (Å²) in [6.45, 7) is 10.4. The van der Waals surface area contributed by atoms with Gasteiger partial charge in [-0.15, -0.1) is 0 Å². The Hall–Kier alpha value is -1.61. The van der Waals surface area contributed by atoms with E-state index < -0.39 is 0 Å². The molecule has 4 rings (SSSR count). The SMILES string of the molecule is CCCCc1c(C)sc(C=Cc2cc3c4c(c2)CCCN4CCC3)[n+]1CC. The second kappa shape index (κ2) is 8.18. The Morgan fingerprint density at radius 2 is 1.78 bits per heavy atom. The molecule has 0 N–H and O–H groups in total. The Morgan fingerprint density at radius 1 is 1.07 bits per heavy atom. The van der Waals surface area contributed by atoms with Gasteiger partial charge in [0.2, 0.25) is 0 Å². The standard InChI is InChI=1S/C24H33N2S/c1-4-6-11-22-18(3)27-23(26(22)5-2)13-12-19-16-20-9-7-14-25-15-8-10-21(17-19)24(20)25/h12-13,16-17H,4-11,14-15H2,1-3H3/q+1. The molecule has 3 heterocycles. The maximum absolute atomic E-state index is 2.62. The molecule has 1 aromatic carbocycles. The summed E-state index contributed by atoms with van der Waals surface area (Å²) in [4.78, 5) is 4.11. The zero-order valence-electron chi connectivity index (χ0n) is 17.2. The summed E-state index contributed by atoms with van der Waals surface area (Å²) in [7, 11) is 0. The summed E-state index contributed by atoms with van der Waals surface area (Å²) in [5.41, 5.74) is 7.65. The van der Waals surface area contributed by atoms with Gasteiger partial charge < -0.3 is 4.90 Å². The van der Waals surface area contributed by atoms with Gasteiger partial charge in [-0.05, 0) is 80.9 Å². The number of hydrogen-bond donors (Lipinski definition) is 0. The number of rotatable bonds is 6. The van der Waals surface area contributed by atoms with Crippen LogP contribution in [0, 0.1) is 6.92 Å². The summed E-state index contributed by atoms with van der Waals surface area (Å²) in [6.07, 6.45) is 13.6. The van der Waals surface area contributed by atoms with Gasteiger partial charge >= 0.3 is 0 Å². The summed E-state index contributed by atoms with van der Waals surface area (Å²) in [6, 6.07) is 4.89. The molecule has 0 saturated heterocycles. The van der Waals surface area contributed by atoms with Crippen LogP contribution in [0.3, 0.4) is 0 Å². The van der Waals surface area contributed by atoms with Crippen LogP contribution < -0.4 is 9.47 Å². The Labute approximate surface area is 168 Å². The molecule has 0 bridgehead atoms. The van der Waals surface area contributed by atoms with Crippen LogP contribution in [0.5, 0.6) is 0 Å². The van der Waals surface area contributed by atoms with Crippen LogP contribution in [0.25, 0.3) is 12.2 Å². The number of aromatic nitrogens is 1. The zero-order valence-corrected chi connectivity index (χ0v) is 18.0. The number of unbranched alkanes of at least 4 members (excludes halogenated alkanes) is 1. The van der Waals surface area contributed by atoms with Crippen molar-refractivity contribution in [2.75, 3.05) is 18.0 Å². The van der Waals surface area contributed by atoms with Gasteiger partial charge in [-0.3, -0.25) is 0 Å². The molecule has 0 aliphatic carbocycles. The highest BCUT2D eigenvalue weighted by Gasteiger charge is 2.24. The molecule has 27 heavy (non-hydrogen) atoms. The van der Waals surface area contributed by atoms with E-state index in [2.05, 4.69) is 54.5 Å². The maximum Gasteiger partial charge on any atom is 0.262 e. The first-order chi connectivity index (χ1) is 13.2. The largest absolute Gasteiger partial charge is 0.371 e. The number of nitrogens with zero attached hydrogens (tertiary/aromatic N) is 2. The smallest absolute Gasteiger partial charge is 0.262 e. The van der Waals surface area contributed by atoms with E-state index in [4.69, 9.17) is 0 Å². The van der Waals surface area contributed by atoms with E-state index in [1.54, 1.807) is 22.5 Å². The molecule has 1 aromatic heterocycles. The minimum Gasteiger partial charge on any atom is -0.371 e. The topological polar surface area (TPSA) is 7.12 Å². The quantitative estimate of drug-likeness (QED) is 0.593. The van der Waals surface area contributed by atoms with Crippen molar-refractivity contribution in [2.45, 2.75) is 72.3 Å². The number of thiazole rings is 1. The number of hydrogen-bond acceptors (Lipinski definition) is 2. The molecule has 2 aromatic rings. The van der Waals surface area contributed by atoms with Gasteiger partial charge in [0.05, 0.1) is 4.88 Å². The Balaban J connectivity index is 1.64. The second-order valence-electron chi connectivity index (χ2n) is 8.01. The predicted molar refractivity (Wildman–Crippen MR) is 118 cm³/mol. The average molecular weight is 382 g/mol. The molecule has 0 fully saturated rings. The molecular weight excluding hydrogens is 348 g/mol. The van der Waals surface area contributed by atoms with E-state index in [0.717, 1.165) is 6.54 Å². The van der Waals surface area contributed by atoms with Crippen molar-refractivity contribution in [3.8, 4) is 0 Å². The van der Waals surface area contributed by atoms with E-state index >= 15 is 0 Å².